The van der Waals surface area contributed by atoms with Gasteiger partial charge in [0.1, 0.15) is 5.56 Å². The second kappa shape index (κ2) is 8.44. The van der Waals surface area contributed by atoms with E-state index in [0.717, 1.165) is 22.9 Å². The molecule has 0 aliphatic carbocycles. The first kappa shape index (κ1) is 22.4. The predicted molar refractivity (Wildman–Crippen MR) is 107 cm³/mol. The maximum Gasteiger partial charge on any atom is 0.416 e. The lowest BCUT2D eigenvalue weighted by Gasteiger charge is -2.16. The van der Waals surface area contributed by atoms with E-state index in [4.69, 9.17) is 5.53 Å². The first-order chi connectivity index (χ1) is 15.0. The van der Waals surface area contributed by atoms with Crippen molar-refractivity contribution in [3.05, 3.63) is 102 Å². The van der Waals surface area contributed by atoms with Crippen LogP contribution in [-0.2, 0) is 12.7 Å². The average molecular weight is 445 g/mol. The summed E-state index contributed by atoms with van der Waals surface area (Å²) in [4.78, 5) is 39.8. The van der Waals surface area contributed by atoms with Gasteiger partial charge in [0, 0.05) is 16.8 Å². The molecule has 3 rings (SSSR count). The molecule has 0 saturated heterocycles. The lowest BCUT2D eigenvalue weighted by Crippen LogP contribution is -2.42. The summed E-state index contributed by atoms with van der Waals surface area (Å²) in [7, 11) is 0. The van der Waals surface area contributed by atoms with Crippen LogP contribution in [0, 0.1) is 6.92 Å². The van der Waals surface area contributed by atoms with Gasteiger partial charge in [-0.05, 0) is 41.8 Å². The summed E-state index contributed by atoms with van der Waals surface area (Å²) in [6, 6.07) is 8.80. The van der Waals surface area contributed by atoms with Gasteiger partial charge in [-0.25, -0.2) is 9.59 Å². The number of benzene rings is 2. The Hall–Kier alpha value is -4.31. The minimum Gasteiger partial charge on any atom is -0.477 e. The molecule has 9 nitrogen and oxygen atoms in total. The van der Waals surface area contributed by atoms with Crippen LogP contribution < -0.4 is 11.2 Å². The number of carboxylic acid groups (broad SMARTS) is 1. The van der Waals surface area contributed by atoms with Crippen molar-refractivity contribution in [2.24, 2.45) is 5.11 Å². The molecule has 0 amide bonds. The Morgan fingerprint density at radius 3 is 2.38 bits per heavy atom. The highest BCUT2D eigenvalue weighted by molar-refractivity contribution is 5.86. The fraction of sp³-hybridized carbons (Fsp3) is 0.150. The van der Waals surface area contributed by atoms with E-state index < -0.39 is 41.1 Å². The maximum absolute atomic E-state index is 13.2. The highest BCUT2D eigenvalue weighted by Crippen LogP contribution is 2.33. The Morgan fingerprint density at radius 2 is 1.81 bits per heavy atom. The molecular formula is C20H14F3N5O4. The van der Waals surface area contributed by atoms with Gasteiger partial charge >= 0.3 is 17.8 Å². The highest BCUT2D eigenvalue weighted by Gasteiger charge is 2.33. The van der Waals surface area contributed by atoms with Gasteiger partial charge in [0.15, 0.2) is 0 Å². The van der Waals surface area contributed by atoms with Crippen LogP contribution in [-0.4, -0.2) is 20.2 Å². The number of carbonyl (C=O) groups is 1. The van der Waals surface area contributed by atoms with Crippen LogP contribution in [0.5, 0.6) is 0 Å². The Labute approximate surface area is 177 Å². The van der Waals surface area contributed by atoms with E-state index in [1.54, 1.807) is 0 Å². The maximum atomic E-state index is 13.2. The standard InChI is InChI=1S/C20H14F3N5O4/c1-11-12(3-2-4-16(11)20(21,22)23)9-28-17(29)15(18(30)31)10-27(19(28)32)14-7-5-13(6-8-14)25-26-24/h2-8,10H,9H2,1H3,(H,30,31). The van der Waals surface area contributed by atoms with Crippen LogP contribution in [0.4, 0.5) is 18.9 Å². The molecule has 164 valence electrons. The van der Waals surface area contributed by atoms with Crippen molar-refractivity contribution in [1.82, 2.24) is 9.13 Å². The summed E-state index contributed by atoms with van der Waals surface area (Å²) in [5.74, 6) is -1.61. The molecular weight excluding hydrogens is 431 g/mol. The molecule has 1 heterocycles. The summed E-state index contributed by atoms with van der Waals surface area (Å²) in [5.41, 5.74) is 4.95. The molecule has 32 heavy (non-hydrogen) atoms. The van der Waals surface area contributed by atoms with Gasteiger partial charge in [0.25, 0.3) is 5.56 Å². The van der Waals surface area contributed by atoms with Crippen LogP contribution in [0.1, 0.15) is 27.0 Å². The van der Waals surface area contributed by atoms with Crippen molar-refractivity contribution in [3.63, 3.8) is 0 Å². The molecule has 3 aromatic rings. The van der Waals surface area contributed by atoms with Crippen molar-refractivity contribution >= 4 is 11.7 Å². The molecule has 0 bridgehead atoms. The van der Waals surface area contributed by atoms with Crippen molar-refractivity contribution in [2.75, 3.05) is 0 Å². The summed E-state index contributed by atoms with van der Waals surface area (Å²) in [5, 5.41) is 12.8. The van der Waals surface area contributed by atoms with Gasteiger partial charge in [-0.15, -0.1) is 0 Å². The van der Waals surface area contributed by atoms with E-state index in [-0.39, 0.29) is 22.5 Å². The lowest BCUT2D eigenvalue weighted by molar-refractivity contribution is -0.138. The Balaban J connectivity index is 2.21. The van der Waals surface area contributed by atoms with Crippen molar-refractivity contribution in [1.29, 1.82) is 0 Å². The summed E-state index contributed by atoms with van der Waals surface area (Å²) in [6.45, 7) is 0.641. The lowest BCUT2D eigenvalue weighted by atomic mass is 10.0. The number of aromatic nitrogens is 2. The zero-order valence-electron chi connectivity index (χ0n) is 16.4. The Bertz CT molecular complexity index is 1370. The van der Waals surface area contributed by atoms with Crippen molar-refractivity contribution < 1.29 is 23.1 Å². The minimum atomic E-state index is -4.64. The molecule has 0 radical (unpaired) electrons. The average Bonchev–Trinajstić information content (AvgIpc) is 2.72. The number of aromatic carboxylic acids is 1. The SMILES string of the molecule is Cc1c(Cn2c(=O)c(C(=O)O)cn(-c3ccc(N=[N+]=[N-])cc3)c2=O)cccc1C(F)(F)F. The fourth-order valence-corrected chi connectivity index (χ4v) is 3.14. The fourth-order valence-electron chi connectivity index (χ4n) is 3.14. The number of nitrogens with zero attached hydrogens (tertiary/aromatic N) is 5. The van der Waals surface area contributed by atoms with Crippen LogP contribution in [0.2, 0.25) is 0 Å². The third kappa shape index (κ3) is 4.25. The van der Waals surface area contributed by atoms with E-state index in [0.29, 0.717) is 4.57 Å². The highest BCUT2D eigenvalue weighted by atomic mass is 19.4. The quantitative estimate of drug-likeness (QED) is 0.361. The molecule has 0 spiro atoms. The van der Waals surface area contributed by atoms with Gasteiger partial charge in [-0.3, -0.25) is 13.9 Å². The van der Waals surface area contributed by atoms with Crippen LogP contribution in [0.25, 0.3) is 16.1 Å². The number of hydrogen-bond acceptors (Lipinski definition) is 4. The molecule has 0 fully saturated rings. The topological polar surface area (TPSA) is 130 Å². The third-order valence-electron chi connectivity index (χ3n) is 4.77. The number of azide groups is 1. The molecule has 0 aliphatic heterocycles. The van der Waals surface area contributed by atoms with Crippen LogP contribution in [0.3, 0.4) is 0 Å². The van der Waals surface area contributed by atoms with E-state index in [1.165, 1.54) is 37.3 Å². The zero-order chi connectivity index (χ0) is 23.6. The summed E-state index contributed by atoms with van der Waals surface area (Å²) >= 11 is 0. The molecule has 0 aliphatic rings. The van der Waals surface area contributed by atoms with E-state index in [1.807, 2.05) is 0 Å². The Morgan fingerprint density at radius 1 is 1.16 bits per heavy atom. The molecule has 2 aromatic carbocycles. The molecule has 1 aromatic heterocycles. The summed E-state index contributed by atoms with van der Waals surface area (Å²) in [6.07, 6.45) is -3.80. The van der Waals surface area contributed by atoms with Crippen molar-refractivity contribution in [3.8, 4) is 5.69 Å². The first-order valence-corrected chi connectivity index (χ1v) is 8.95. The largest absolute Gasteiger partial charge is 0.477 e. The van der Waals surface area contributed by atoms with Crippen LogP contribution >= 0.6 is 0 Å². The number of rotatable bonds is 5. The third-order valence-corrected chi connectivity index (χ3v) is 4.77. The second-order valence-corrected chi connectivity index (χ2v) is 6.69. The summed E-state index contributed by atoms with van der Waals surface area (Å²) < 4.78 is 41.1. The predicted octanol–water partition coefficient (Wildman–Crippen LogP) is 4.01. The minimum absolute atomic E-state index is 0.0341. The zero-order valence-corrected chi connectivity index (χ0v) is 16.4. The second-order valence-electron chi connectivity index (χ2n) is 6.69. The number of alkyl halides is 3. The Kier molecular flexibility index (Phi) is 5.90. The smallest absolute Gasteiger partial charge is 0.416 e. The monoisotopic (exact) mass is 445 g/mol. The number of hydrogen-bond donors (Lipinski definition) is 1. The first-order valence-electron chi connectivity index (χ1n) is 8.95. The molecule has 0 unspecified atom stereocenters. The van der Waals surface area contributed by atoms with Gasteiger partial charge in [-0.1, -0.05) is 29.4 Å². The van der Waals surface area contributed by atoms with Crippen molar-refractivity contribution in [2.45, 2.75) is 19.6 Å². The van der Waals surface area contributed by atoms with E-state index >= 15 is 0 Å². The number of carboxylic acids is 1. The van der Waals surface area contributed by atoms with E-state index in [9.17, 15) is 32.7 Å². The molecule has 1 N–H and O–H groups in total. The van der Waals surface area contributed by atoms with Gasteiger partial charge in [0.05, 0.1) is 17.8 Å². The van der Waals surface area contributed by atoms with Crippen LogP contribution in [0.15, 0.2) is 63.4 Å². The van der Waals surface area contributed by atoms with Gasteiger partial charge in [-0.2, -0.15) is 13.2 Å². The van der Waals surface area contributed by atoms with E-state index in [2.05, 4.69) is 10.0 Å². The molecule has 12 heteroatoms. The van der Waals surface area contributed by atoms with Gasteiger partial charge in [0.2, 0.25) is 0 Å². The molecule has 0 atom stereocenters. The number of halogens is 3. The molecule has 0 saturated carbocycles. The van der Waals surface area contributed by atoms with Gasteiger partial charge < -0.3 is 5.11 Å². The normalized spacial score (nSPS) is 11.1.